The van der Waals surface area contributed by atoms with Gasteiger partial charge in [0, 0.05) is 31.4 Å². The van der Waals surface area contributed by atoms with Crippen LogP contribution in [0.2, 0.25) is 0 Å². The summed E-state index contributed by atoms with van der Waals surface area (Å²) in [5, 5.41) is 5.10. The lowest BCUT2D eigenvalue weighted by atomic mass is 10.2. The van der Waals surface area contributed by atoms with Gasteiger partial charge in [0.2, 0.25) is 15.9 Å². The first kappa shape index (κ1) is 25.2. The second-order valence-corrected chi connectivity index (χ2v) is 9.62. The van der Waals surface area contributed by atoms with Gasteiger partial charge < -0.3 is 20.1 Å². The number of anilines is 2. The maximum Gasteiger partial charge on any atom is 0.338 e. The molecule has 2 aromatic carbocycles. The molecule has 182 valence electrons. The molecule has 1 fully saturated rings. The van der Waals surface area contributed by atoms with E-state index in [2.05, 4.69) is 10.6 Å². The molecule has 2 aromatic rings. The Kier molecular flexibility index (Phi) is 8.24. The van der Waals surface area contributed by atoms with Gasteiger partial charge in [-0.05, 0) is 49.2 Å². The Hall–Kier alpha value is -3.44. The van der Waals surface area contributed by atoms with E-state index >= 15 is 0 Å². The summed E-state index contributed by atoms with van der Waals surface area (Å²) in [4.78, 5) is 35.7. The van der Waals surface area contributed by atoms with Gasteiger partial charge in [0.25, 0.3) is 5.91 Å². The zero-order valence-corrected chi connectivity index (χ0v) is 19.8. The number of rotatable bonds is 8. The van der Waals surface area contributed by atoms with Gasteiger partial charge in [-0.1, -0.05) is 12.5 Å². The molecule has 0 atom stereocenters. The summed E-state index contributed by atoms with van der Waals surface area (Å²) in [6, 6.07) is 10.4. The van der Waals surface area contributed by atoms with Crippen molar-refractivity contribution in [2.75, 3.05) is 37.4 Å². The average Bonchev–Trinajstić information content (AvgIpc) is 2.82. The standard InChI is InChI=1S/C23H27N3O7S/c1-16(27)24-18-8-6-7-17(13-18)23(29)33-15-22(28)25-19-9-10-20(32-2)21(14-19)34(30,31)26-11-4-3-5-12-26/h6-10,13-14H,3-5,11-12,15H2,1-2H3,(H,24,27)(H,25,28). The molecule has 3 rings (SSSR count). The van der Waals surface area contributed by atoms with E-state index in [9.17, 15) is 22.8 Å². The Balaban J connectivity index is 1.66. The molecule has 1 heterocycles. The number of nitrogens with zero attached hydrogens (tertiary/aromatic N) is 1. The maximum atomic E-state index is 13.1. The number of hydrogen-bond donors (Lipinski definition) is 2. The van der Waals surface area contributed by atoms with Crippen LogP contribution in [0.15, 0.2) is 47.4 Å². The van der Waals surface area contributed by atoms with Crippen molar-refractivity contribution < 1.29 is 32.3 Å². The maximum absolute atomic E-state index is 13.1. The Morgan fingerprint density at radius 3 is 2.35 bits per heavy atom. The van der Waals surface area contributed by atoms with Crippen LogP contribution in [0.25, 0.3) is 0 Å². The van der Waals surface area contributed by atoms with Gasteiger partial charge in [0.15, 0.2) is 6.61 Å². The van der Waals surface area contributed by atoms with Crippen LogP contribution in [-0.2, 0) is 24.3 Å². The summed E-state index contributed by atoms with van der Waals surface area (Å²) >= 11 is 0. The van der Waals surface area contributed by atoms with Crippen LogP contribution in [0.4, 0.5) is 11.4 Å². The number of carbonyl (C=O) groups is 3. The number of esters is 1. The molecule has 2 amide bonds. The molecule has 34 heavy (non-hydrogen) atoms. The minimum absolute atomic E-state index is 0.0403. The number of amides is 2. The Morgan fingerprint density at radius 2 is 1.68 bits per heavy atom. The number of hydrogen-bond acceptors (Lipinski definition) is 7. The fourth-order valence-corrected chi connectivity index (χ4v) is 5.24. The highest BCUT2D eigenvalue weighted by Gasteiger charge is 2.29. The summed E-state index contributed by atoms with van der Waals surface area (Å²) < 4.78 is 37.9. The normalized spacial score (nSPS) is 14.2. The first-order valence-corrected chi connectivity index (χ1v) is 12.2. The number of benzene rings is 2. The van der Waals surface area contributed by atoms with Crippen molar-refractivity contribution >= 4 is 39.2 Å². The van der Waals surface area contributed by atoms with Crippen molar-refractivity contribution in [3.8, 4) is 5.75 Å². The van der Waals surface area contributed by atoms with Crippen LogP contribution >= 0.6 is 0 Å². The molecule has 1 aliphatic heterocycles. The molecule has 0 bridgehead atoms. The summed E-state index contributed by atoms with van der Waals surface area (Å²) in [6.07, 6.45) is 2.56. The Morgan fingerprint density at radius 1 is 0.971 bits per heavy atom. The number of nitrogens with one attached hydrogen (secondary N) is 2. The lowest BCUT2D eigenvalue weighted by Crippen LogP contribution is -2.35. The molecule has 10 nitrogen and oxygen atoms in total. The summed E-state index contributed by atoms with van der Waals surface area (Å²) in [5.74, 6) is -1.50. The lowest BCUT2D eigenvalue weighted by molar-refractivity contribution is -0.119. The minimum Gasteiger partial charge on any atom is -0.495 e. The predicted molar refractivity (Wildman–Crippen MR) is 125 cm³/mol. The number of ether oxygens (including phenoxy) is 2. The van der Waals surface area contributed by atoms with Crippen LogP contribution in [0, 0.1) is 0 Å². The van der Waals surface area contributed by atoms with Crippen molar-refractivity contribution in [3.63, 3.8) is 0 Å². The third-order valence-electron chi connectivity index (χ3n) is 5.13. The van der Waals surface area contributed by atoms with Gasteiger partial charge in [0.05, 0.1) is 12.7 Å². The molecule has 1 aliphatic rings. The molecule has 1 saturated heterocycles. The van der Waals surface area contributed by atoms with Crippen molar-refractivity contribution in [1.82, 2.24) is 4.31 Å². The van der Waals surface area contributed by atoms with Crippen molar-refractivity contribution in [1.29, 1.82) is 0 Å². The van der Waals surface area contributed by atoms with Gasteiger partial charge in [0.1, 0.15) is 10.6 Å². The number of methoxy groups -OCH3 is 1. The first-order chi connectivity index (χ1) is 16.2. The van der Waals surface area contributed by atoms with Crippen molar-refractivity contribution in [2.24, 2.45) is 0 Å². The average molecular weight is 490 g/mol. The Bertz CT molecular complexity index is 1170. The highest BCUT2D eigenvalue weighted by molar-refractivity contribution is 7.89. The van der Waals surface area contributed by atoms with Gasteiger partial charge in [-0.3, -0.25) is 9.59 Å². The molecule has 0 radical (unpaired) electrons. The molecule has 2 N–H and O–H groups in total. The SMILES string of the molecule is COc1ccc(NC(=O)COC(=O)c2cccc(NC(C)=O)c2)cc1S(=O)(=O)N1CCCCC1. The minimum atomic E-state index is -3.80. The van der Waals surface area contributed by atoms with E-state index < -0.39 is 28.5 Å². The largest absolute Gasteiger partial charge is 0.495 e. The van der Waals surface area contributed by atoms with E-state index in [0.717, 1.165) is 19.3 Å². The highest BCUT2D eigenvalue weighted by atomic mass is 32.2. The fraction of sp³-hybridized carbons (Fsp3) is 0.348. The number of piperidine rings is 1. The first-order valence-electron chi connectivity index (χ1n) is 10.7. The molecule has 0 saturated carbocycles. The van der Waals surface area contributed by atoms with Crippen molar-refractivity contribution in [3.05, 3.63) is 48.0 Å². The van der Waals surface area contributed by atoms with Crippen LogP contribution in [0.3, 0.4) is 0 Å². The molecule has 11 heteroatoms. The lowest BCUT2D eigenvalue weighted by Gasteiger charge is -2.26. The molecular formula is C23H27N3O7S. The van der Waals surface area contributed by atoms with Gasteiger partial charge in [-0.15, -0.1) is 0 Å². The van der Waals surface area contributed by atoms with E-state index in [0.29, 0.717) is 18.8 Å². The number of carbonyl (C=O) groups excluding carboxylic acids is 3. The summed E-state index contributed by atoms with van der Waals surface area (Å²) in [7, 11) is -2.42. The third kappa shape index (κ3) is 6.33. The Labute approximate surface area is 198 Å². The third-order valence-corrected chi connectivity index (χ3v) is 7.05. The van der Waals surface area contributed by atoms with E-state index in [4.69, 9.17) is 9.47 Å². The zero-order valence-electron chi connectivity index (χ0n) is 19.0. The summed E-state index contributed by atoms with van der Waals surface area (Å²) in [5.41, 5.74) is 0.815. The number of sulfonamides is 1. The second kappa shape index (κ2) is 11.1. The van der Waals surface area contributed by atoms with Gasteiger partial charge in [-0.2, -0.15) is 4.31 Å². The van der Waals surface area contributed by atoms with Crippen LogP contribution in [0.1, 0.15) is 36.5 Å². The van der Waals surface area contributed by atoms with E-state index in [1.807, 2.05) is 0 Å². The van der Waals surface area contributed by atoms with Gasteiger partial charge >= 0.3 is 5.97 Å². The van der Waals surface area contributed by atoms with E-state index in [-0.39, 0.29) is 27.8 Å². The monoisotopic (exact) mass is 489 g/mol. The van der Waals surface area contributed by atoms with Crippen LogP contribution < -0.4 is 15.4 Å². The molecule has 0 unspecified atom stereocenters. The highest BCUT2D eigenvalue weighted by Crippen LogP contribution is 2.31. The quantitative estimate of drug-likeness (QED) is 0.545. The smallest absolute Gasteiger partial charge is 0.338 e. The van der Waals surface area contributed by atoms with E-state index in [1.165, 1.54) is 48.7 Å². The topological polar surface area (TPSA) is 131 Å². The van der Waals surface area contributed by atoms with Gasteiger partial charge in [-0.25, -0.2) is 13.2 Å². The second-order valence-electron chi connectivity index (χ2n) is 7.72. The molecule has 0 aliphatic carbocycles. The molecular weight excluding hydrogens is 462 g/mol. The molecule has 0 aromatic heterocycles. The summed E-state index contributed by atoms with van der Waals surface area (Å²) in [6.45, 7) is 1.63. The van der Waals surface area contributed by atoms with E-state index in [1.54, 1.807) is 12.1 Å². The fourth-order valence-electron chi connectivity index (χ4n) is 3.54. The zero-order chi connectivity index (χ0) is 24.7. The predicted octanol–water partition coefficient (Wildman–Crippen LogP) is 2.62. The van der Waals surface area contributed by atoms with Crippen molar-refractivity contribution in [2.45, 2.75) is 31.1 Å². The van der Waals surface area contributed by atoms with Crippen LogP contribution in [0.5, 0.6) is 5.75 Å². The molecule has 0 spiro atoms. The van der Waals surface area contributed by atoms with Crippen LogP contribution in [-0.4, -0.2) is 57.3 Å².